The zero-order valence-electron chi connectivity index (χ0n) is 7.86. The van der Waals surface area contributed by atoms with Crippen molar-refractivity contribution in [3.63, 3.8) is 0 Å². The van der Waals surface area contributed by atoms with Gasteiger partial charge in [-0.15, -0.1) is 0 Å². The molecule has 1 aromatic carbocycles. The van der Waals surface area contributed by atoms with Crippen molar-refractivity contribution in [2.75, 3.05) is 0 Å². The van der Waals surface area contributed by atoms with Gasteiger partial charge in [-0.25, -0.2) is 0 Å². The number of hydrogen-bond donors (Lipinski definition) is 0. The van der Waals surface area contributed by atoms with Gasteiger partial charge in [-0.05, 0) is 18.2 Å². The van der Waals surface area contributed by atoms with E-state index < -0.39 is 17.5 Å². The molecule has 1 rings (SSSR count). The second-order valence-electron chi connectivity index (χ2n) is 2.97. The van der Waals surface area contributed by atoms with Gasteiger partial charge in [0.2, 0.25) is 0 Å². The van der Waals surface area contributed by atoms with Crippen LogP contribution in [0.5, 0.6) is 0 Å². The first kappa shape index (κ1) is 12.0. The number of Topliss-reactive ketones (excluding diaryl/α,β-unsaturated/α-hetero) is 1. The number of hydrogen-bond acceptors (Lipinski definition) is 1. The average molecular weight is 237 g/mol. The number of halogens is 4. The summed E-state index contributed by atoms with van der Waals surface area (Å²) in [5, 5.41) is 0.0508. The highest BCUT2D eigenvalue weighted by Crippen LogP contribution is 2.32. The van der Waals surface area contributed by atoms with Crippen LogP contribution in [0.3, 0.4) is 0 Å². The van der Waals surface area contributed by atoms with Crippen molar-refractivity contribution in [2.45, 2.75) is 19.5 Å². The maximum Gasteiger partial charge on any atom is 0.416 e. The van der Waals surface area contributed by atoms with Crippen LogP contribution in [-0.4, -0.2) is 5.78 Å². The van der Waals surface area contributed by atoms with Gasteiger partial charge in [0.25, 0.3) is 0 Å². The predicted octanol–water partition coefficient (Wildman–Crippen LogP) is 3.95. The van der Waals surface area contributed by atoms with Gasteiger partial charge in [0.1, 0.15) is 0 Å². The quantitative estimate of drug-likeness (QED) is 0.711. The number of carbonyl (C=O) groups is 1. The molecule has 0 aromatic heterocycles. The Hall–Kier alpha value is -1.03. The smallest absolute Gasteiger partial charge is 0.294 e. The molecular formula is C10H8ClF3O. The van der Waals surface area contributed by atoms with Crippen LogP contribution in [0.15, 0.2) is 18.2 Å². The number of benzene rings is 1. The zero-order valence-corrected chi connectivity index (χ0v) is 8.62. The van der Waals surface area contributed by atoms with Gasteiger partial charge in [0.05, 0.1) is 10.6 Å². The maximum atomic E-state index is 12.3. The van der Waals surface area contributed by atoms with E-state index in [-0.39, 0.29) is 17.0 Å². The van der Waals surface area contributed by atoms with Gasteiger partial charge in [-0.1, -0.05) is 18.5 Å². The summed E-state index contributed by atoms with van der Waals surface area (Å²) in [5.41, 5.74) is -0.933. The minimum atomic E-state index is -4.45. The topological polar surface area (TPSA) is 17.1 Å². The summed E-state index contributed by atoms with van der Waals surface area (Å²) in [6, 6.07) is 2.73. The Kier molecular flexibility index (Phi) is 3.39. The minimum Gasteiger partial charge on any atom is -0.294 e. The average Bonchev–Trinajstić information content (AvgIpc) is 2.15. The molecule has 0 saturated heterocycles. The van der Waals surface area contributed by atoms with E-state index in [0.717, 1.165) is 18.2 Å². The Morgan fingerprint density at radius 1 is 1.40 bits per heavy atom. The molecule has 0 N–H and O–H groups in total. The van der Waals surface area contributed by atoms with E-state index >= 15 is 0 Å². The van der Waals surface area contributed by atoms with Gasteiger partial charge in [-0.3, -0.25) is 4.79 Å². The van der Waals surface area contributed by atoms with Gasteiger partial charge < -0.3 is 0 Å². The molecule has 0 heterocycles. The lowest BCUT2D eigenvalue weighted by atomic mass is 10.1. The fraction of sp³-hybridized carbons (Fsp3) is 0.300. The van der Waals surface area contributed by atoms with E-state index in [2.05, 4.69) is 0 Å². The molecule has 82 valence electrons. The lowest BCUT2D eigenvalue weighted by Crippen LogP contribution is -2.07. The Labute approximate surface area is 89.9 Å². The molecule has 0 aliphatic rings. The normalized spacial score (nSPS) is 11.5. The monoisotopic (exact) mass is 236 g/mol. The highest BCUT2D eigenvalue weighted by molar-refractivity contribution is 6.34. The maximum absolute atomic E-state index is 12.3. The highest BCUT2D eigenvalue weighted by Gasteiger charge is 2.31. The molecule has 5 heteroatoms. The molecule has 0 aliphatic carbocycles. The lowest BCUT2D eigenvalue weighted by molar-refractivity contribution is -0.137. The molecule has 0 aliphatic heterocycles. The zero-order chi connectivity index (χ0) is 11.6. The van der Waals surface area contributed by atoms with Gasteiger partial charge in [0.15, 0.2) is 5.78 Å². The summed E-state index contributed by atoms with van der Waals surface area (Å²) in [5.74, 6) is -0.397. The first-order valence-corrected chi connectivity index (χ1v) is 4.64. The molecular weight excluding hydrogens is 229 g/mol. The van der Waals surface area contributed by atoms with Crippen molar-refractivity contribution in [1.29, 1.82) is 0 Å². The van der Waals surface area contributed by atoms with Crippen LogP contribution < -0.4 is 0 Å². The Balaban J connectivity index is 3.23. The molecule has 15 heavy (non-hydrogen) atoms. The van der Waals surface area contributed by atoms with Crippen LogP contribution in [0, 0.1) is 0 Å². The van der Waals surface area contributed by atoms with Crippen molar-refractivity contribution in [3.8, 4) is 0 Å². The standard InChI is InChI=1S/C10H8ClF3O/c1-2-9(15)7-5-6(10(12,13)14)3-4-8(7)11/h3-5H,2H2,1H3. The number of alkyl halides is 3. The molecule has 0 unspecified atom stereocenters. The van der Waals surface area contributed by atoms with Crippen LogP contribution in [-0.2, 0) is 6.18 Å². The third-order valence-corrected chi connectivity index (χ3v) is 2.24. The summed E-state index contributed by atoms with van der Waals surface area (Å²) in [7, 11) is 0. The molecule has 0 amide bonds. The Morgan fingerprint density at radius 3 is 2.47 bits per heavy atom. The molecule has 1 aromatic rings. The lowest BCUT2D eigenvalue weighted by Gasteiger charge is -2.09. The summed E-state index contributed by atoms with van der Waals surface area (Å²) in [6.07, 6.45) is -4.33. The fourth-order valence-corrected chi connectivity index (χ4v) is 1.33. The summed E-state index contributed by atoms with van der Waals surface area (Å²) >= 11 is 5.63. The van der Waals surface area contributed by atoms with Crippen molar-refractivity contribution >= 4 is 17.4 Å². The van der Waals surface area contributed by atoms with Crippen LogP contribution >= 0.6 is 11.6 Å². The molecule has 1 nitrogen and oxygen atoms in total. The summed E-state index contributed by atoms with van der Waals surface area (Å²) < 4.78 is 36.9. The van der Waals surface area contributed by atoms with Crippen molar-refractivity contribution in [3.05, 3.63) is 34.3 Å². The summed E-state index contributed by atoms with van der Waals surface area (Å²) in [4.78, 5) is 11.3. The van der Waals surface area contributed by atoms with E-state index in [1.807, 2.05) is 0 Å². The van der Waals surface area contributed by atoms with Crippen LogP contribution in [0.1, 0.15) is 29.3 Å². The third kappa shape index (κ3) is 2.72. The molecule has 0 saturated carbocycles. The van der Waals surface area contributed by atoms with E-state index in [9.17, 15) is 18.0 Å². The Bertz CT molecular complexity index is 385. The third-order valence-electron chi connectivity index (χ3n) is 1.92. The predicted molar refractivity (Wildman–Crippen MR) is 51.1 cm³/mol. The van der Waals surface area contributed by atoms with E-state index in [4.69, 9.17) is 11.6 Å². The SMILES string of the molecule is CCC(=O)c1cc(C(F)(F)F)ccc1Cl. The molecule has 0 fully saturated rings. The number of ketones is 1. The van der Waals surface area contributed by atoms with Gasteiger partial charge in [0, 0.05) is 12.0 Å². The minimum absolute atomic E-state index is 0.0508. The first-order chi connectivity index (χ1) is 6.86. The molecule has 0 atom stereocenters. The van der Waals surface area contributed by atoms with Gasteiger partial charge >= 0.3 is 6.18 Å². The van der Waals surface area contributed by atoms with Crippen molar-refractivity contribution in [2.24, 2.45) is 0 Å². The number of carbonyl (C=O) groups excluding carboxylic acids is 1. The van der Waals surface area contributed by atoms with Gasteiger partial charge in [-0.2, -0.15) is 13.2 Å². The molecule has 0 bridgehead atoms. The van der Waals surface area contributed by atoms with Crippen molar-refractivity contribution < 1.29 is 18.0 Å². The highest BCUT2D eigenvalue weighted by atomic mass is 35.5. The van der Waals surface area contributed by atoms with Crippen LogP contribution in [0.4, 0.5) is 13.2 Å². The van der Waals surface area contributed by atoms with Crippen molar-refractivity contribution in [1.82, 2.24) is 0 Å². The fourth-order valence-electron chi connectivity index (χ4n) is 1.11. The summed E-state index contributed by atoms with van der Waals surface area (Å²) in [6.45, 7) is 1.57. The second-order valence-corrected chi connectivity index (χ2v) is 3.38. The number of rotatable bonds is 2. The van der Waals surface area contributed by atoms with Crippen LogP contribution in [0.2, 0.25) is 5.02 Å². The first-order valence-electron chi connectivity index (χ1n) is 4.26. The Morgan fingerprint density at radius 2 is 2.00 bits per heavy atom. The second kappa shape index (κ2) is 4.23. The largest absolute Gasteiger partial charge is 0.416 e. The molecule has 0 radical (unpaired) electrons. The van der Waals surface area contributed by atoms with E-state index in [1.54, 1.807) is 6.92 Å². The van der Waals surface area contributed by atoms with E-state index in [0.29, 0.717) is 0 Å². The molecule has 0 spiro atoms. The van der Waals surface area contributed by atoms with E-state index in [1.165, 1.54) is 0 Å². The van der Waals surface area contributed by atoms with Crippen LogP contribution in [0.25, 0.3) is 0 Å².